The number of rotatable bonds is 4. The van der Waals surface area contributed by atoms with Crippen molar-refractivity contribution in [3.8, 4) is 0 Å². The molecule has 0 aliphatic carbocycles. The molecule has 0 bridgehead atoms. The van der Waals surface area contributed by atoms with E-state index in [-0.39, 0.29) is 11.5 Å². The summed E-state index contributed by atoms with van der Waals surface area (Å²) in [6.07, 6.45) is 2.16. The molecule has 1 fully saturated rings. The fourth-order valence-electron chi connectivity index (χ4n) is 2.23. The first-order valence-corrected chi connectivity index (χ1v) is 6.41. The Balaban J connectivity index is 1.82. The largest absolute Gasteiger partial charge is 0.396 e. The average molecular weight is 252 g/mol. The van der Waals surface area contributed by atoms with Gasteiger partial charge in [0.25, 0.3) is 0 Å². The van der Waals surface area contributed by atoms with Gasteiger partial charge in [0.1, 0.15) is 5.82 Å². The highest BCUT2D eigenvalue weighted by molar-refractivity contribution is 5.41. The maximum absolute atomic E-state index is 13.3. The van der Waals surface area contributed by atoms with Crippen LogP contribution in [0.15, 0.2) is 18.2 Å². The first kappa shape index (κ1) is 13.3. The van der Waals surface area contributed by atoms with Gasteiger partial charge in [0.05, 0.1) is 5.69 Å². The van der Waals surface area contributed by atoms with Gasteiger partial charge in [-0.3, -0.25) is 0 Å². The standard InChI is InChI=1S/C14H21FN2O/c1-14(4-6-18-7-5-14)10-17-9-11-2-3-13(16)12(15)8-11/h2-3,8,17H,4-7,9-10,16H2,1H3. The predicted molar refractivity (Wildman–Crippen MR) is 70.7 cm³/mol. The van der Waals surface area contributed by atoms with E-state index in [1.165, 1.54) is 6.07 Å². The van der Waals surface area contributed by atoms with Gasteiger partial charge in [-0.25, -0.2) is 4.39 Å². The molecule has 1 aliphatic heterocycles. The third-order valence-electron chi connectivity index (χ3n) is 3.65. The number of hydrogen-bond donors (Lipinski definition) is 2. The average Bonchev–Trinajstić information content (AvgIpc) is 2.34. The summed E-state index contributed by atoms with van der Waals surface area (Å²) >= 11 is 0. The van der Waals surface area contributed by atoms with E-state index in [1.807, 2.05) is 6.07 Å². The highest BCUT2D eigenvalue weighted by atomic mass is 19.1. The van der Waals surface area contributed by atoms with Crippen LogP contribution in [0.1, 0.15) is 25.3 Å². The molecule has 0 unspecified atom stereocenters. The molecule has 4 heteroatoms. The molecule has 100 valence electrons. The zero-order chi connectivity index (χ0) is 13.0. The maximum Gasteiger partial charge on any atom is 0.146 e. The van der Waals surface area contributed by atoms with E-state index in [0.717, 1.165) is 38.2 Å². The van der Waals surface area contributed by atoms with Crippen molar-refractivity contribution in [2.24, 2.45) is 5.41 Å². The third kappa shape index (κ3) is 3.43. The van der Waals surface area contributed by atoms with Gasteiger partial charge in [-0.05, 0) is 36.0 Å². The molecule has 1 heterocycles. The van der Waals surface area contributed by atoms with Crippen LogP contribution in [-0.4, -0.2) is 19.8 Å². The van der Waals surface area contributed by atoms with Gasteiger partial charge < -0.3 is 15.8 Å². The molecule has 3 N–H and O–H groups in total. The highest BCUT2D eigenvalue weighted by Gasteiger charge is 2.26. The van der Waals surface area contributed by atoms with Crippen LogP contribution in [0, 0.1) is 11.2 Å². The molecule has 2 rings (SSSR count). The SMILES string of the molecule is CC1(CNCc2ccc(N)c(F)c2)CCOCC1. The Hall–Kier alpha value is -1.13. The van der Waals surface area contributed by atoms with E-state index < -0.39 is 0 Å². The minimum absolute atomic E-state index is 0.204. The lowest BCUT2D eigenvalue weighted by Gasteiger charge is -2.33. The summed E-state index contributed by atoms with van der Waals surface area (Å²) in [5.74, 6) is -0.341. The maximum atomic E-state index is 13.3. The Morgan fingerprint density at radius 2 is 2.11 bits per heavy atom. The van der Waals surface area contributed by atoms with Crippen molar-refractivity contribution in [1.29, 1.82) is 0 Å². The van der Waals surface area contributed by atoms with Crippen LogP contribution >= 0.6 is 0 Å². The molecule has 1 aliphatic rings. The van der Waals surface area contributed by atoms with Crippen LogP contribution in [0.3, 0.4) is 0 Å². The van der Waals surface area contributed by atoms with Crippen LogP contribution in [0.5, 0.6) is 0 Å². The number of nitrogens with two attached hydrogens (primary N) is 1. The van der Waals surface area contributed by atoms with Gasteiger partial charge in [0.15, 0.2) is 0 Å². The molecular weight excluding hydrogens is 231 g/mol. The quantitative estimate of drug-likeness (QED) is 0.808. The minimum atomic E-state index is -0.341. The van der Waals surface area contributed by atoms with Crippen molar-refractivity contribution in [2.75, 3.05) is 25.5 Å². The van der Waals surface area contributed by atoms with Crippen LogP contribution in [0.25, 0.3) is 0 Å². The number of nitrogen functional groups attached to an aromatic ring is 1. The fraction of sp³-hybridized carbons (Fsp3) is 0.571. The van der Waals surface area contributed by atoms with Crippen molar-refractivity contribution in [1.82, 2.24) is 5.32 Å². The normalized spacial score (nSPS) is 18.8. The Morgan fingerprint density at radius 1 is 1.39 bits per heavy atom. The lowest BCUT2D eigenvalue weighted by Crippen LogP contribution is -2.36. The number of anilines is 1. The number of nitrogens with one attached hydrogen (secondary N) is 1. The van der Waals surface area contributed by atoms with E-state index in [9.17, 15) is 4.39 Å². The van der Waals surface area contributed by atoms with E-state index in [1.54, 1.807) is 6.07 Å². The second-order valence-corrected chi connectivity index (χ2v) is 5.38. The summed E-state index contributed by atoms with van der Waals surface area (Å²) in [7, 11) is 0. The van der Waals surface area contributed by atoms with Crippen LogP contribution in [-0.2, 0) is 11.3 Å². The van der Waals surface area contributed by atoms with Gasteiger partial charge >= 0.3 is 0 Å². The third-order valence-corrected chi connectivity index (χ3v) is 3.65. The van der Waals surface area contributed by atoms with Crippen LogP contribution < -0.4 is 11.1 Å². The summed E-state index contributed by atoms with van der Waals surface area (Å²) in [6, 6.07) is 4.97. The Bertz CT molecular complexity index is 403. The lowest BCUT2D eigenvalue weighted by atomic mass is 9.82. The van der Waals surface area contributed by atoms with Gasteiger partial charge in [0, 0.05) is 26.3 Å². The molecule has 1 aromatic carbocycles. The van der Waals surface area contributed by atoms with E-state index >= 15 is 0 Å². The molecule has 0 atom stereocenters. The van der Waals surface area contributed by atoms with E-state index in [4.69, 9.17) is 10.5 Å². The van der Waals surface area contributed by atoms with Crippen molar-refractivity contribution in [3.05, 3.63) is 29.6 Å². The fourth-order valence-corrected chi connectivity index (χ4v) is 2.23. The van der Waals surface area contributed by atoms with Gasteiger partial charge in [0.2, 0.25) is 0 Å². The summed E-state index contributed by atoms with van der Waals surface area (Å²) in [6.45, 7) is 5.56. The molecule has 0 amide bonds. The van der Waals surface area contributed by atoms with Crippen molar-refractivity contribution < 1.29 is 9.13 Å². The van der Waals surface area contributed by atoms with Crippen molar-refractivity contribution >= 4 is 5.69 Å². The molecule has 1 aromatic rings. The van der Waals surface area contributed by atoms with Crippen LogP contribution in [0.4, 0.5) is 10.1 Å². The predicted octanol–water partition coefficient (Wildman–Crippen LogP) is 2.31. The Labute approximate surface area is 108 Å². The smallest absolute Gasteiger partial charge is 0.146 e. The Morgan fingerprint density at radius 3 is 2.78 bits per heavy atom. The van der Waals surface area contributed by atoms with Gasteiger partial charge in [-0.2, -0.15) is 0 Å². The number of hydrogen-bond acceptors (Lipinski definition) is 3. The highest BCUT2D eigenvalue weighted by Crippen LogP contribution is 2.28. The van der Waals surface area contributed by atoms with Crippen molar-refractivity contribution in [3.63, 3.8) is 0 Å². The van der Waals surface area contributed by atoms with Crippen LogP contribution in [0.2, 0.25) is 0 Å². The minimum Gasteiger partial charge on any atom is -0.396 e. The lowest BCUT2D eigenvalue weighted by molar-refractivity contribution is 0.0240. The molecule has 0 saturated carbocycles. The summed E-state index contributed by atoms with van der Waals surface area (Å²) in [4.78, 5) is 0. The number of ether oxygens (including phenoxy) is 1. The summed E-state index contributed by atoms with van der Waals surface area (Å²) < 4.78 is 18.6. The molecule has 0 aromatic heterocycles. The van der Waals surface area contributed by atoms with Gasteiger partial charge in [-0.1, -0.05) is 13.0 Å². The zero-order valence-electron chi connectivity index (χ0n) is 10.8. The number of halogens is 1. The molecule has 3 nitrogen and oxygen atoms in total. The van der Waals surface area contributed by atoms with E-state index in [2.05, 4.69) is 12.2 Å². The summed E-state index contributed by atoms with van der Waals surface area (Å²) in [5.41, 5.74) is 6.87. The Kier molecular flexibility index (Phi) is 4.19. The zero-order valence-corrected chi connectivity index (χ0v) is 10.8. The second-order valence-electron chi connectivity index (χ2n) is 5.38. The molecule has 0 spiro atoms. The second kappa shape index (κ2) is 5.67. The number of benzene rings is 1. The topological polar surface area (TPSA) is 47.3 Å². The molecular formula is C14H21FN2O. The first-order chi connectivity index (χ1) is 8.59. The molecule has 1 saturated heterocycles. The molecule has 0 radical (unpaired) electrons. The van der Waals surface area contributed by atoms with E-state index in [0.29, 0.717) is 12.0 Å². The first-order valence-electron chi connectivity index (χ1n) is 6.41. The van der Waals surface area contributed by atoms with Gasteiger partial charge in [-0.15, -0.1) is 0 Å². The summed E-state index contributed by atoms with van der Waals surface area (Å²) in [5, 5.41) is 3.40. The molecule has 18 heavy (non-hydrogen) atoms. The van der Waals surface area contributed by atoms with Crippen molar-refractivity contribution in [2.45, 2.75) is 26.3 Å². The monoisotopic (exact) mass is 252 g/mol.